The van der Waals surface area contributed by atoms with Crippen molar-refractivity contribution in [1.82, 2.24) is 4.90 Å². The summed E-state index contributed by atoms with van der Waals surface area (Å²) in [6.45, 7) is 4.28. The number of aliphatic hydroxyl groups is 1. The van der Waals surface area contributed by atoms with Gasteiger partial charge in [-0.15, -0.1) is 0 Å². The van der Waals surface area contributed by atoms with Gasteiger partial charge in [0.05, 0.1) is 11.9 Å². The zero-order valence-electron chi connectivity index (χ0n) is 8.81. The monoisotopic (exact) mass is 221 g/mol. The smallest absolute Gasteiger partial charge is 0.147 e. The van der Waals surface area contributed by atoms with Crippen molar-refractivity contribution in [3.63, 3.8) is 0 Å². The zero-order valence-corrected chi connectivity index (χ0v) is 9.63. The second-order valence-electron chi connectivity index (χ2n) is 4.40. The second kappa shape index (κ2) is 4.59. The highest BCUT2D eigenvalue weighted by molar-refractivity contribution is 7.90. The minimum Gasteiger partial charge on any atom is -0.392 e. The van der Waals surface area contributed by atoms with E-state index in [1.54, 1.807) is 0 Å². The quantitative estimate of drug-likeness (QED) is 0.710. The largest absolute Gasteiger partial charge is 0.392 e. The van der Waals surface area contributed by atoms with Crippen LogP contribution in [0.15, 0.2) is 0 Å². The maximum atomic E-state index is 11.0. The molecule has 1 fully saturated rings. The van der Waals surface area contributed by atoms with Gasteiger partial charge in [0.1, 0.15) is 9.84 Å². The van der Waals surface area contributed by atoms with E-state index in [1.807, 2.05) is 6.92 Å². The van der Waals surface area contributed by atoms with E-state index < -0.39 is 9.84 Å². The first-order valence-corrected chi connectivity index (χ1v) is 7.01. The number of likely N-dealkylation sites (tertiary alicyclic amines) is 1. The van der Waals surface area contributed by atoms with E-state index in [1.165, 1.54) is 6.26 Å². The van der Waals surface area contributed by atoms with Crippen LogP contribution in [0.5, 0.6) is 0 Å². The van der Waals surface area contributed by atoms with Crippen LogP contribution in [0.4, 0.5) is 0 Å². The molecule has 1 unspecified atom stereocenters. The van der Waals surface area contributed by atoms with E-state index >= 15 is 0 Å². The predicted octanol–water partition coefficient (Wildman–Crippen LogP) is -0.266. The SMILES string of the molecule is CC(CN1CC[C@@H](O)C1)CS(C)(=O)=O. The molecule has 0 saturated carbocycles. The van der Waals surface area contributed by atoms with Crippen molar-refractivity contribution in [3.05, 3.63) is 0 Å². The predicted molar refractivity (Wildman–Crippen MR) is 55.9 cm³/mol. The van der Waals surface area contributed by atoms with Crippen LogP contribution < -0.4 is 0 Å². The molecule has 0 radical (unpaired) electrons. The molecular formula is C9H19NO3S. The van der Waals surface area contributed by atoms with Crippen molar-refractivity contribution in [2.45, 2.75) is 19.4 Å². The molecule has 0 aromatic rings. The number of β-amino-alcohol motifs (C(OH)–C–C–N with tert-alkyl or cyclic N) is 1. The van der Waals surface area contributed by atoms with Gasteiger partial charge in [-0.25, -0.2) is 8.42 Å². The van der Waals surface area contributed by atoms with Crippen LogP contribution in [0.1, 0.15) is 13.3 Å². The van der Waals surface area contributed by atoms with Gasteiger partial charge >= 0.3 is 0 Å². The summed E-state index contributed by atoms with van der Waals surface area (Å²) in [7, 11) is -2.87. The first kappa shape index (κ1) is 11.9. The Morgan fingerprint density at radius 3 is 2.64 bits per heavy atom. The standard InChI is InChI=1S/C9H19NO3S/c1-8(7-14(2,12)13)5-10-4-3-9(11)6-10/h8-9,11H,3-7H2,1-2H3/t8?,9-/m1/s1. The molecule has 1 aliphatic heterocycles. The van der Waals surface area contributed by atoms with Crippen molar-refractivity contribution in [2.75, 3.05) is 31.6 Å². The molecule has 84 valence electrons. The topological polar surface area (TPSA) is 57.6 Å². The summed E-state index contributed by atoms with van der Waals surface area (Å²) in [5.41, 5.74) is 0. The van der Waals surface area contributed by atoms with Gasteiger partial charge in [-0.05, 0) is 12.3 Å². The lowest BCUT2D eigenvalue weighted by Gasteiger charge is -2.19. The molecular weight excluding hydrogens is 202 g/mol. The molecule has 1 aliphatic rings. The first-order chi connectivity index (χ1) is 6.37. The van der Waals surface area contributed by atoms with Crippen LogP contribution in [-0.4, -0.2) is 56.2 Å². The molecule has 0 aliphatic carbocycles. The number of nitrogens with zero attached hydrogens (tertiary/aromatic N) is 1. The Morgan fingerprint density at radius 2 is 2.21 bits per heavy atom. The number of sulfone groups is 1. The van der Waals surface area contributed by atoms with Crippen LogP contribution in [0, 0.1) is 5.92 Å². The summed E-state index contributed by atoms with van der Waals surface area (Å²) in [6, 6.07) is 0. The van der Waals surface area contributed by atoms with E-state index in [4.69, 9.17) is 0 Å². The third-order valence-electron chi connectivity index (χ3n) is 2.40. The van der Waals surface area contributed by atoms with Gasteiger partial charge in [-0.2, -0.15) is 0 Å². The fraction of sp³-hybridized carbons (Fsp3) is 1.00. The normalized spacial score (nSPS) is 26.6. The highest BCUT2D eigenvalue weighted by atomic mass is 32.2. The highest BCUT2D eigenvalue weighted by Crippen LogP contribution is 2.11. The van der Waals surface area contributed by atoms with Gasteiger partial charge in [-0.3, -0.25) is 0 Å². The minimum atomic E-state index is -2.87. The van der Waals surface area contributed by atoms with Crippen molar-refractivity contribution in [1.29, 1.82) is 0 Å². The maximum absolute atomic E-state index is 11.0. The summed E-state index contributed by atoms with van der Waals surface area (Å²) in [6.07, 6.45) is 1.86. The summed E-state index contributed by atoms with van der Waals surface area (Å²) < 4.78 is 22.0. The number of aliphatic hydroxyl groups excluding tert-OH is 1. The van der Waals surface area contributed by atoms with Crippen LogP contribution in [-0.2, 0) is 9.84 Å². The molecule has 0 aromatic carbocycles. The molecule has 5 heteroatoms. The number of rotatable bonds is 4. The molecule has 4 nitrogen and oxygen atoms in total. The van der Waals surface area contributed by atoms with Gasteiger partial charge in [0.15, 0.2) is 0 Å². The van der Waals surface area contributed by atoms with E-state index in [0.29, 0.717) is 6.54 Å². The summed E-state index contributed by atoms with van der Waals surface area (Å²) in [5.74, 6) is 0.384. The molecule has 0 aromatic heterocycles. The Bertz CT molecular complexity index is 276. The molecule has 0 amide bonds. The Labute approximate surface area is 85.8 Å². The molecule has 0 spiro atoms. The average Bonchev–Trinajstić information content (AvgIpc) is 2.30. The third-order valence-corrected chi connectivity index (χ3v) is 3.58. The van der Waals surface area contributed by atoms with E-state index in [2.05, 4.69) is 4.90 Å². The van der Waals surface area contributed by atoms with Gasteiger partial charge in [-0.1, -0.05) is 6.92 Å². The summed E-state index contributed by atoms with van der Waals surface area (Å²) in [4.78, 5) is 2.13. The Morgan fingerprint density at radius 1 is 1.57 bits per heavy atom. The van der Waals surface area contributed by atoms with Gasteiger partial charge in [0.25, 0.3) is 0 Å². The highest BCUT2D eigenvalue weighted by Gasteiger charge is 2.22. The first-order valence-electron chi connectivity index (χ1n) is 4.95. The fourth-order valence-electron chi connectivity index (χ4n) is 1.99. The molecule has 0 bridgehead atoms. The average molecular weight is 221 g/mol. The van der Waals surface area contributed by atoms with Crippen molar-refractivity contribution >= 4 is 9.84 Å². The van der Waals surface area contributed by atoms with Crippen molar-refractivity contribution in [3.8, 4) is 0 Å². The molecule has 2 atom stereocenters. The Kier molecular flexibility index (Phi) is 3.92. The molecule has 14 heavy (non-hydrogen) atoms. The molecule has 1 saturated heterocycles. The van der Waals surface area contributed by atoms with Crippen molar-refractivity contribution in [2.24, 2.45) is 5.92 Å². The van der Waals surface area contributed by atoms with Gasteiger partial charge in [0.2, 0.25) is 0 Å². The minimum absolute atomic E-state index is 0.148. The van der Waals surface area contributed by atoms with Crippen LogP contribution in [0.25, 0.3) is 0 Å². The van der Waals surface area contributed by atoms with E-state index in [-0.39, 0.29) is 17.8 Å². The summed E-state index contributed by atoms with van der Waals surface area (Å²) >= 11 is 0. The lowest BCUT2D eigenvalue weighted by atomic mass is 10.2. The lowest BCUT2D eigenvalue weighted by molar-refractivity contribution is 0.172. The zero-order chi connectivity index (χ0) is 10.8. The Hall–Kier alpha value is -0.130. The van der Waals surface area contributed by atoms with Crippen LogP contribution in [0.3, 0.4) is 0 Å². The maximum Gasteiger partial charge on any atom is 0.147 e. The number of hydrogen-bond donors (Lipinski definition) is 1. The third kappa shape index (κ3) is 4.39. The van der Waals surface area contributed by atoms with Gasteiger partial charge < -0.3 is 10.0 Å². The fourth-order valence-corrected chi connectivity index (χ4v) is 3.13. The molecule has 1 N–H and O–H groups in total. The molecule has 1 heterocycles. The van der Waals surface area contributed by atoms with E-state index in [9.17, 15) is 13.5 Å². The Balaban J connectivity index is 2.31. The lowest BCUT2D eigenvalue weighted by Crippen LogP contribution is -2.30. The second-order valence-corrected chi connectivity index (χ2v) is 6.58. The van der Waals surface area contributed by atoms with Crippen LogP contribution >= 0.6 is 0 Å². The van der Waals surface area contributed by atoms with Gasteiger partial charge in [0, 0.05) is 25.9 Å². The van der Waals surface area contributed by atoms with E-state index in [0.717, 1.165) is 19.5 Å². The van der Waals surface area contributed by atoms with Crippen molar-refractivity contribution < 1.29 is 13.5 Å². The molecule has 1 rings (SSSR count). The number of hydrogen-bond acceptors (Lipinski definition) is 4. The van der Waals surface area contributed by atoms with Crippen LogP contribution in [0.2, 0.25) is 0 Å². The summed E-state index contributed by atoms with van der Waals surface area (Å²) in [5, 5.41) is 9.29.